The van der Waals surface area contributed by atoms with Crippen LogP contribution in [0.5, 0.6) is 0 Å². The number of anilines is 1. The van der Waals surface area contributed by atoms with Crippen LogP contribution in [0.1, 0.15) is 58.2 Å². The lowest BCUT2D eigenvalue weighted by Gasteiger charge is -2.27. The van der Waals surface area contributed by atoms with Crippen LogP contribution in [0.15, 0.2) is 91.0 Å². The van der Waals surface area contributed by atoms with Gasteiger partial charge in [-0.05, 0) is 64.9 Å². The number of rotatable bonds is 15. The Morgan fingerprint density at radius 2 is 1.30 bits per heavy atom. The summed E-state index contributed by atoms with van der Waals surface area (Å²) in [6.45, 7) is 3.28. The molecule has 3 amide bonds. The monoisotopic (exact) mass is 745 g/mol. The van der Waals surface area contributed by atoms with E-state index in [1.165, 1.54) is 18.2 Å². The maximum absolute atomic E-state index is 14.1. The van der Waals surface area contributed by atoms with Crippen LogP contribution in [-0.4, -0.2) is 72.3 Å². The molecule has 54 heavy (non-hydrogen) atoms. The Morgan fingerprint density at radius 1 is 0.722 bits per heavy atom. The van der Waals surface area contributed by atoms with Crippen LogP contribution >= 0.6 is 0 Å². The lowest BCUT2D eigenvalue weighted by atomic mass is 9.94. The van der Waals surface area contributed by atoms with E-state index in [1.807, 2.05) is 6.07 Å². The van der Waals surface area contributed by atoms with Gasteiger partial charge in [0.25, 0.3) is 5.91 Å². The van der Waals surface area contributed by atoms with Gasteiger partial charge in [-0.2, -0.15) is 0 Å². The average Bonchev–Trinajstić information content (AvgIpc) is 3.15. The topological polar surface area (TPSA) is 180 Å². The SMILES string of the molecule is COC(=O)c1cc(NC(=O)[C@@H](NC(=O)C[C@H](O)[C@H](Cc2cc(F)cc(F)c2)NC(=O)C(O)c2ccccc2-c2ccccc2)C(C)C)cc(C(=O)OC)c1. The predicted octanol–water partition coefficient (Wildman–Crippen LogP) is 4.50. The Balaban J connectivity index is 1.54. The standard InChI is InChI=1S/C40H41F2N3O9/c1-22(2)35(37(49)43-29-18-25(39(51)53-3)17-26(19-29)40(52)54-4)45-34(47)21-33(46)32(16-23-14-27(41)20-28(42)15-23)44-38(50)36(48)31-13-9-8-12-30(31)24-10-6-5-7-11-24/h5-15,17-20,22,32-33,35-36,46,48H,16,21H2,1-4H3,(H,43,49)(H,44,50)(H,45,47)/t32-,33-,35-,36?/m0/s1. The van der Waals surface area contributed by atoms with E-state index >= 15 is 0 Å². The number of hydrogen-bond acceptors (Lipinski definition) is 9. The molecule has 0 heterocycles. The second kappa shape index (κ2) is 18.7. The molecule has 12 nitrogen and oxygen atoms in total. The van der Waals surface area contributed by atoms with Gasteiger partial charge in [0.15, 0.2) is 6.10 Å². The zero-order valence-corrected chi connectivity index (χ0v) is 30.0. The largest absolute Gasteiger partial charge is 0.465 e. The number of methoxy groups -OCH3 is 2. The summed E-state index contributed by atoms with van der Waals surface area (Å²) in [4.78, 5) is 64.7. The third-order valence-corrected chi connectivity index (χ3v) is 8.46. The summed E-state index contributed by atoms with van der Waals surface area (Å²) in [7, 11) is 2.29. The highest BCUT2D eigenvalue weighted by Gasteiger charge is 2.31. The van der Waals surface area contributed by atoms with Gasteiger partial charge in [0.05, 0.1) is 43.9 Å². The molecule has 0 aliphatic carbocycles. The van der Waals surface area contributed by atoms with E-state index in [-0.39, 0.29) is 34.4 Å². The van der Waals surface area contributed by atoms with Gasteiger partial charge in [-0.25, -0.2) is 18.4 Å². The Bertz CT molecular complexity index is 1940. The number of amides is 3. The van der Waals surface area contributed by atoms with Crippen molar-refractivity contribution in [3.05, 3.63) is 125 Å². The highest BCUT2D eigenvalue weighted by molar-refractivity contribution is 6.01. The zero-order chi connectivity index (χ0) is 39.5. The van der Waals surface area contributed by atoms with Crippen molar-refractivity contribution in [1.29, 1.82) is 0 Å². The number of hydrogen-bond donors (Lipinski definition) is 5. The van der Waals surface area contributed by atoms with E-state index in [2.05, 4.69) is 16.0 Å². The zero-order valence-electron chi connectivity index (χ0n) is 30.0. The van der Waals surface area contributed by atoms with Crippen molar-refractivity contribution in [1.82, 2.24) is 10.6 Å². The third-order valence-electron chi connectivity index (χ3n) is 8.46. The molecular weight excluding hydrogens is 704 g/mol. The Labute approximate surface area is 310 Å². The fraction of sp³-hybridized carbons (Fsp3) is 0.275. The highest BCUT2D eigenvalue weighted by Crippen LogP contribution is 2.29. The fourth-order valence-electron chi connectivity index (χ4n) is 5.78. The van der Waals surface area contributed by atoms with Crippen molar-refractivity contribution in [2.75, 3.05) is 19.5 Å². The number of carbonyl (C=O) groups is 5. The molecule has 14 heteroatoms. The third kappa shape index (κ3) is 10.8. The molecule has 4 aromatic carbocycles. The minimum Gasteiger partial charge on any atom is -0.465 e. The fourth-order valence-corrected chi connectivity index (χ4v) is 5.78. The molecule has 0 radical (unpaired) electrons. The van der Waals surface area contributed by atoms with E-state index in [0.717, 1.165) is 31.9 Å². The summed E-state index contributed by atoms with van der Waals surface area (Å²) in [5.74, 6) is -6.38. The van der Waals surface area contributed by atoms with E-state index in [0.29, 0.717) is 11.6 Å². The molecule has 5 N–H and O–H groups in total. The lowest BCUT2D eigenvalue weighted by molar-refractivity contribution is -0.133. The van der Waals surface area contributed by atoms with E-state index in [4.69, 9.17) is 9.47 Å². The molecule has 0 fully saturated rings. The van der Waals surface area contributed by atoms with Crippen LogP contribution in [0.4, 0.5) is 14.5 Å². The van der Waals surface area contributed by atoms with Gasteiger partial charge in [0, 0.05) is 11.8 Å². The Kier molecular flexibility index (Phi) is 14.1. The number of benzene rings is 4. The molecule has 0 aliphatic heterocycles. The minimum atomic E-state index is -1.74. The van der Waals surface area contributed by atoms with Crippen LogP contribution in [-0.2, 0) is 30.3 Å². The number of aliphatic hydroxyl groups is 2. The van der Waals surface area contributed by atoms with Crippen molar-refractivity contribution in [2.24, 2.45) is 5.92 Å². The van der Waals surface area contributed by atoms with E-state index < -0.39 is 77.9 Å². The van der Waals surface area contributed by atoms with Gasteiger partial charge >= 0.3 is 11.9 Å². The molecule has 4 aromatic rings. The van der Waals surface area contributed by atoms with Gasteiger partial charge in [0.2, 0.25) is 11.8 Å². The summed E-state index contributed by atoms with van der Waals surface area (Å²) in [6.07, 6.45) is -4.43. The number of halogens is 2. The van der Waals surface area contributed by atoms with Crippen molar-refractivity contribution in [2.45, 2.75) is 51.0 Å². The van der Waals surface area contributed by atoms with Gasteiger partial charge < -0.3 is 35.6 Å². The summed E-state index contributed by atoms with van der Waals surface area (Å²) in [6, 6.07) is 19.6. The number of carbonyl (C=O) groups excluding carboxylic acids is 5. The molecule has 0 aromatic heterocycles. The summed E-state index contributed by atoms with van der Waals surface area (Å²) >= 11 is 0. The molecule has 0 saturated carbocycles. The number of ether oxygens (including phenoxy) is 2. The first-order chi connectivity index (χ1) is 25.7. The Morgan fingerprint density at radius 3 is 1.87 bits per heavy atom. The lowest BCUT2D eigenvalue weighted by Crippen LogP contribution is -2.51. The van der Waals surface area contributed by atoms with Crippen molar-refractivity contribution < 1.29 is 52.4 Å². The highest BCUT2D eigenvalue weighted by atomic mass is 19.1. The maximum Gasteiger partial charge on any atom is 0.337 e. The molecule has 4 rings (SSSR count). The first-order valence-electron chi connectivity index (χ1n) is 16.9. The second-order valence-corrected chi connectivity index (χ2v) is 12.8. The first-order valence-corrected chi connectivity index (χ1v) is 16.9. The van der Waals surface area contributed by atoms with Crippen LogP contribution in [0.25, 0.3) is 11.1 Å². The van der Waals surface area contributed by atoms with Crippen LogP contribution in [0.3, 0.4) is 0 Å². The smallest absolute Gasteiger partial charge is 0.337 e. The molecule has 284 valence electrons. The van der Waals surface area contributed by atoms with E-state index in [9.17, 15) is 43.0 Å². The summed E-state index contributed by atoms with van der Waals surface area (Å²) < 4.78 is 37.7. The number of esters is 2. The van der Waals surface area contributed by atoms with Crippen LogP contribution in [0, 0.1) is 17.6 Å². The summed E-state index contributed by atoms with van der Waals surface area (Å²) in [5, 5.41) is 30.2. The van der Waals surface area contributed by atoms with Gasteiger partial charge in [0.1, 0.15) is 17.7 Å². The molecule has 0 bridgehead atoms. The van der Waals surface area contributed by atoms with Crippen molar-refractivity contribution in [3.63, 3.8) is 0 Å². The molecular formula is C40H41F2N3O9. The number of nitrogens with one attached hydrogen (secondary N) is 3. The molecule has 0 saturated heterocycles. The molecule has 1 unspecified atom stereocenters. The maximum atomic E-state index is 14.1. The minimum absolute atomic E-state index is 0.0285. The van der Waals surface area contributed by atoms with Crippen molar-refractivity contribution >= 4 is 35.3 Å². The Hall–Kier alpha value is -5.99. The number of aliphatic hydroxyl groups excluding tert-OH is 2. The van der Waals surface area contributed by atoms with Crippen molar-refractivity contribution in [3.8, 4) is 11.1 Å². The average molecular weight is 746 g/mol. The van der Waals surface area contributed by atoms with Gasteiger partial charge in [-0.3, -0.25) is 14.4 Å². The second-order valence-electron chi connectivity index (χ2n) is 12.8. The van der Waals surface area contributed by atoms with Gasteiger partial charge in [-0.15, -0.1) is 0 Å². The van der Waals surface area contributed by atoms with E-state index in [1.54, 1.807) is 62.4 Å². The van der Waals surface area contributed by atoms with Gasteiger partial charge in [-0.1, -0.05) is 68.4 Å². The summed E-state index contributed by atoms with van der Waals surface area (Å²) in [5.41, 5.74) is 1.53. The van der Waals surface area contributed by atoms with Crippen LogP contribution in [0.2, 0.25) is 0 Å². The van der Waals surface area contributed by atoms with Crippen LogP contribution < -0.4 is 16.0 Å². The molecule has 4 atom stereocenters. The normalized spacial score (nSPS) is 13.2. The first kappa shape index (κ1) is 40.8. The molecule has 0 spiro atoms. The predicted molar refractivity (Wildman–Crippen MR) is 194 cm³/mol. The molecule has 0 aliphatic rings. The quantitative estimate of drug-likeness (QED) is 0.110.